The number of fused-ring (bicyclic) bond motifs is 1. The topological polar surface area (TPSA) is 78.2 Å². The van der Waals surface area contributed by atoms with Crippen molar-refractivity contribution in [2.24, 2.45) is 5.92 Å². The Bertz CT molecular complexity index is 826. The molecule has 7 nitrogen and oxygen atoms in total. The van der Waals surface area contributed by atoms with Crippen molar-refractivity contribution in [1.29, 1.82) is 0 Å². The lowest BCUT2D eigenvalue weighted by Gasteiger charge is -2.16. The molecule has 1 aromatic carbocycles. The highest BCUT2D eigenvalue weighted by atomic mass is 16.5. The smallest absolute Gasteiger partial charge is 0.345 e. The number of rotatable bonds is 8. The van der Waals surface area contributed by atoms with Crippen molar-refractivity contribution in [2.75, 3.05) is 6.61 Å². The molecule has 0 aliphatic carbocycles. The van der Waals surface area contributed by atoms with Gasteiger partial charge in [-0.1, -0.05) is 32.0 Å². The molecule has 0 radical (unpaired) electrons. The maximum absolute atomic E-state index is 12.5. The minimum Gasteiger partial charge on any atom is -0.493 e. The predicted octanol–water partition coefficient (Wildman–Crippen LogP) is 2.38. The minimum atomic E-state index is -0.0288. The third kappa shape index (κ3) is 5.47. The van der Waals surface area contributed by atoms with Crippen molar-refractivity contribution in [3.63, 3.8) is 0 Å². The van der Waals surface area contributed by atoms with Crippen LogP contribution in [-0.2, 0) is 24.3 Å². The highest BCUT2D eigenvalue weighted by Crippen LogP contribution is 2.13. The van der Waals surface area contributed by atoms with E-state index in [-0.39, 0.29) is 17.6 Å². The number of aryl methyl sites for hydroxylation is 2. The SMILES string of the molecule is CC(C)CCn1nc2n(c1=O)CCC(NC(=O)CCOc1ccccc1)CC2. The fraction of sp³-hybridized carbons (Fsp3) is 0.571. The summed E-state index contributed by atoms with van der Waals surface area (Å²) < 4.78 is 8.94. The van der Waals surface area contributed by atoms with Gasteiger partial charge in [-0.25, -0.2) is 9.48 Å². The maximum atomic E-state index is 12.5. The van der Waals surface area contributed by atoms with E-state index in [1.807, 2.05) is 30.3 Å². The van der Waals surface area contributed by atoms with Crippen LogP contribution in [0.1, 0.15) is 45.4 Å². The molecule has 1 unspecified atom stereocenters. The van der Waals surface area contributed by atoms with Crippen LogP contribution in [0.25, 0.3) is 0 Å². The van der Waals surface area contributed by atoms with Crippen LogP contribution in [0.3, 0.4) is 0 Å². The first-order chi connectivity index (χ1) is 13.5. The Labute approximate surface area is 165 Å². The Hall–Kier alpha value is -2.57. The largest absolute Gasteiger partial charge is 0.493 e. The molecule has 3 rings (SSSR count). The lowest BCUT2D eigenvalue weighted by Crippen LogP contribution is -2.36. The molecule has 0 spiro atoms. The molecule has 2 aromatic rings. The Balaban J connectivity index is 1.46. The quantitative estimate of drug-likeness (QED) is 0.756. The van der Waals surface area contributed by atoms with Crippen LogP contribution < -0.4 is 15.7 Å². The minimum absolute atomic E-state index is 0.0187. The Morgan fingerprint density at radius 1 is 1.29 bits per heavy atom. The third-order valence-corrected chi connectivity index (χ3v) is 5.04. The molecule has 0 fully saturated rings. The van der Waals surface area contributed by atoms with Gasteiger partial charge in [0.2, 0.25) is 5.91 Å². The van der Waals surface area contributed by atoms with Gasteiger partial charge in [0, 0.05) is 25.6 Å². The van der Waals surface area contributed by atoms with Crippen LogP contribution in [0.2, 0.25) is 0 Å². The second kappa shape index (κ2) is 9.57. The second-order valence-electron chi connectivity index (χ2n) is 7.76. The zero-order chi connectivity index (χ0) is 19.9. The number of amides is 1. The van der Waals surface area contributed by atoms with Crippen molar-refractivity contribution >= 4 is 5.91 Å². The lowest BCUT2D eigenvalue weighted by atomic mass is 10.1. The number of nitrogens with one attached hydrogen (secondary N) is 1. The molecule has 0 saturated carbocycles. The monoisotopic (exact) mass is 386 g/mol. The van der Waals surface area contributed by atoms with Crippen LogP contribution in [0.4, 0.5) is 0 Å². The van der Waals surface area contributed by atoms with Crippen molar-refractivity contribution < 1.29 is 9.53 Å². The first-order valence-electron chi connectivity index (χ1n) is 10.2. The van der Waals surface area contributed by atoms with E-state index in [0.717, 1.165) is 30.8 Å². The van der Waals surface area contributed by atoms with E-state index < -0.39 is 0 Å². The van der Waals surface area contributed by atoms with Gasteiger partial charge in [0.15, 0.2) is 0 Å². The van der Waals surface area contributed by atoms with Gasteiger partial charge in [0.25, 0.3) is 0 Å². The van der Waals surface area contributed by atoms with Gasteiger partial charge in [-0.05, 0) is 37.3 Å². The van der Waals surface area contributed by atoms with Crippen LogP contribution in [0, 0.1) is 5.92 Å². The van der Waals surface area contributed by atoms with E-state index in [1.165, 1.54) is 0 Å². The summed E-state index contributed by atoms with van der Waals surface area (Å²) >= 11 is 0. The number of hydrogen-bond donors (Lipinski definition) is 1. The van der Waals surface area contributed by atoms with Gasteiger partial charge in [-0.2, -0.15) is 5.10 Å². The number of aromatic nitrogens is 3. The first kappa shape index (κ1) is 20.2. The van der Waals surface area contributed by atoms with Crippen LogP contribution >= 0.6 is 0 Å². The molecule has 1 aliphatic heterocycles. The van der Waals surface area contributed by atoms with Gasteiger partial charge in [0.1, 0.15) is 11.6 Å². The molecule has 1 amide bonds. The van der Waals surface area contributed by atoms with Crippen LogP contribution in [0.15, 0.2) is 35.1 Å². The summed E-state index contributed by atoms with van der Waals surface area (Å²) in [5, 5.41) is 7.59. The maximum Gasteiger partial charge on any atom is 0.345 e. The standard InChI is InChI=1S/C21H30N4O3/c1-16(2)10-14-25-21(27)24-13-11-17(8-9-19(24)23-25)22-20(26)12-15-28-18-6-4-3-5-7-18/h3-7,16-17H,8-15H2,1-2H3,(H,22,26). The molecular weight excluding hydrogens is 356 g/mol. The number of benzene rings is 1. The van der Waals surface area contributed by atoms with Crippen molar-refractivity contribution in [3.8, 4) is 5.75 Å². The molecule has 1 aliphatic rings. The normalized spacial score (nSPS) is 16.5. The highest BCUT2D eigenvalue weighted by Gasteiger charge is 2.22. The highest BCUT2D eigenvalue weighted by molar-refractivity contribution is 5.76. The van der Waals surface area contributed by atoms with Crippen LogP contribution in [0.5, 0.6) is 5.75 Å². The fourth-order valence-electron chi connectivity index (χ4n) is 3.38. The van der Waals surface area contributed by atoms with E-state index in [1.54, 1.807) is 9.25 Å². The number of hydrogen-bond acceptors (Lipinski definition) is 4. The summed E-state index contributed by atoms with van der Waals surface area (Å²) in [5.74, 6) is 2.12. The van der Waals surface area contributed by atoms with Gasteiger partial charge in [-0.15, -0.1) is 0 Å². The van der Waals surface area contributed by atoms with E-state index in [0.29, 0.717) is 38.5 Å². The van der Waals surface area contributed by atoms with Crippen molar-refractivity contribution in [1.82, 2.24) is 19.7 Å². The summed E-state index contributed by atoms with van der Waals surface area (Å²) in [6.45, 7) is 5.90. The molecule has 28 heavy (non-hydrogen) atoms. The van der Waals surface area contributed by atoms with Crippen LogP contribution in [-0.4, -0.2) is 32.9 Å². The molecule has 1 N–H and O–H groups in total. The van der Waals surface area contributed by atoms with Gasteiger partial charge in [0.05, 0.1) is 13.0 Å². The molecular formula is C21H30N4O3. The second-order valence-corrected chi connectivity index (χ2v) is 7.76. The molecule has 0 bridgehead atoms. The van der Waals surface area contributed by atoms with Crippen molar-refractivity contribution in [2.45, 2.75) is 65.1 Å². The Morgan fingerprint density at radius 2 is 2.07 bits per heavy atom. The zero-order valence-electron chi connectivity index (χ0n) is 16.8. The van der Waals surface area contributed by atoms with E-state index in [4.69, 9.17) is 4.74 Å². The number of carbonyl (C=O) groups is 1. The average molecular weight is 386 g/mol. The molecule has 0 saturated heterocycles. The molecule has 7 heteroatoms. The molecule has 1 aromatic heterocycles. The zero-order valence-corrected chi connectivity index (χ0v) is 16.8. The van der Waals surface area contributed by atoms with E-state index in [2.05, 4.69) is 24.3 Å². The summed E-state index contributed by atoms with van der Waals surface area (Å²) in [4.78, 5) is 24.8. The van der Waals surface area contributed by atoms with E-state index >= 15 is 0 Å². The first-order valence-corrected chi connectivity index (χ1v) is 10.2. The average Bonchev–Trinajstić information content (AvgIpc) is 2.84. The molecule has 152 valence electrons. The van der Waals surface area contributed by atoms with Gasteiger partial charge in [-0.3, -0.25) is 9.36 Å². The third-order valence-electron chi connectivity index (χ3n) is 5.04. The van der Waals surface area contributed by atoms with Gasteiger partial charge >= 0.3 is 5.69 Å². The summed E-state index contributed by atoms with van der Waals surface area (Å²) in [6, 6.07) is 9.55. The Kier molecular flexibility index (Phi) is 6.90. The number of carbonyl (C=O) groups excluding carboxylic acids is 1. The number of para-hydroxylation sites is 1. The van der Waals surface area contributed by atoms with Crippen molar-refractivity contribution in [3.05, 3.63) is 46.6 Å². The number of ether oxygens (including phenoxy) is 1. The summed E-state index contributed by atoms with van der Waals surface area (Å²) in [7, 11) is 0. The summed E-state index contributed by atoms with van der Waals surface area (Å²) in [6.07, 6.45) is 3.51. The summed E-state index contributed by atoms with van der Waals surface area (Å²) in [5.41, 5.74) is -0.0288. The molecule has 2 heterocycles. The fourth-order valence-corrected chi connectivity index (χ4v) is 3.38. The predicted molar refractivity (Wildman–Crippen MR) is 107 cm³/mol. The van der Waals surface area contributed by atoms with E-state index in [9.17, 15) is 9.59 Å². The molecule has 1 atom stereocenters. The lowest BCUT2D eigenvalue weighted by molar-refractivity contribution is -0.122. The number of nitrogens with zero attached hydrogens (tertiary/aromatic N) is 3. The van der Waals surface area contributed by atoms with Gasteiger partial charge < -0.3 is 10.1 Å². The Morgan fingerprint density at radius 3 is 2.82 bits per heavy atom.